The van der Waals surface area contributed by atoms with E-state index in [4.69, 9.17) is 0 Å². The van der Waals surface area contributed by atoms with E-state index in [2.05, 4.69) is 19.2 Å². The van der Waals surface area contributed by atoms with Gasteiger partial charge in [0.05, 0.1) is 6.54 Å². The number of carbonyl (C=O) groups is 1. The maximum Gasteiger partial charge on any atom is 0.238 e. The number of hydrogen-bond acceptors (Lipinski definition) is 2. The number of nitrogens with zero attached hydrogens (tertiary/aromatic N) is 1. The Hall–Kier alpha value is -2.27. The highest BCUT2D eigenvalue weighted by Crippen LogP contribution is 2.27. The zero-order valence-corrected chi connectivity index (χ0v) is 15.9. The van der Waals surface area contributed by atoms with Crippen LogP contribution in [0.4, 0.5) is 14.5 Å². The number of aryl methyl sites for hydroxylation is 1. The number of halogens is 2. The molecule has 140 valence electrons. The molecule has 1 amide bonds. The molecule has 0 radical (unpaired) electrons. The maximum atomic E-state index is 13.4. The number of carbonyl (C=O) groups excluding carboxylic acids is 1. The van der Waals surface area contributed by atoms with Crippen LogP contribution in [0.25, 0.3) is 0 Å². The molecule has 2 aromatic carbocycles. The molecule has 0 spiro atoms. The molecule has 1 unspecified atom stereocenters. The SMILES string of the molecule is Cc1cccc(C(C)C)c1NC(=O)CN(C)C(C)c1ccc(F)c(F)c1. The second-order valence-electron chi connectivity index (χ2n) is 7.01. The first kappa shape index (κ1) is 20.0. The molecular formula is C21H26F2N2O. The van der Waals surface area contributed by atoms with Gasteiger partial charge in [0.1, 0.15) is 0 Å². The summed E-state index contributed by atoms with van der Waals surface area (Å²) in [6, 6.07) is 9.56. The second-order valence-corrected chi connectivity index (χ2v) is 7.01. The van der Waals surface area contributed by atoms with E-state index in [1.165, 1.54) is 12.1 Å². The van der Waals surface area contributed by atoms with Crippen LogP contribution in [0.15, 0.2) is 36.4 Å². The summed E-state index contributed by atoms with van der Waals surface area (Å²) in [6.07, 6.45) is 0. The quantitative estimate of drug-likeness (QED) is 0.784. The summed E-state index contributed by atoms with van der Waals surface area (Å²) in [5.74, 6) is -1.60. The summed E-state index contributed by atoms with van der Waals surface area (Å²) in [6.45, 7) is 8.14. The minimum atomic E-state index is -0.881. The number of benzene rings is 2. The Morgan fingerprint density at radius 1 is 1.12 bits per heavy atom. The summed E-state index contributed by atoms with van der Waals surface area (Å²) in [5, 5.41) is 3.00. The lowest BCUT2D eigenvalue weighted by molar-refractivity contribution is -0.117. The minimum absolute atomic E-state index is 0.141. The molecule has 0 aromatic heterocycles. The van der Waals surface area contributed by atoms with E-state index in [1.54, 1.807) is 11.9 Å². The molecule has 2 rings (SSSR count). The van der Waals surface area contributed by atoms with Crippen LogP contribution in [-0.4, -0.2) is 24.4 Å². The molecule has 0 aliphatic rings. The highest BCUT2D eigenvalue weighted by molar-refractivity contribution is 5.94. The van der Waals surface area contributed by atoms with Crippen molar-refractivity contribution < 1.29 is 13.6 Å². The Morgan fingerprint density at radius 3 is 2.42 bits per heavy atom. The van der Waals surface area contributed by atoms with E-state index in [9.17, 15) is 13.6 Å². The van der Waals surface area contributed by atoms with Crippen LogP contribution >= 0.6 is 0 Å². The fourth-order valence-electron chi connectivity index (χ4n) is 2.91. The third kappa shape index (κ3) is 4.67. The van der Waals surface area contributed by atoms with Crippen molar-refractivity contribution in [2.45, 2.75) is 39.7 Å². The topological polar surface area (TPSA) is 32.3 Å². The Balaban J connectivity index is 2.09. The van der Waals surface area contributed by atoms with Crippen molar-refractivity contribution in [2.75, 3.05) is 18.9 Å². The number of rotatable bonds is 6. The van der Waals surface area contributed by atoms with Gasteiger partial charge < -0.3 is 5.32 Å². The first-order valence-electron chi connectivity index (χ1n) is 8.75. The third-order valence-electron chi connectivity index (χ3n) is 4.67. The first-order valence-corrected chi connectivity index (χ1v) is 8.75. The first-order chi connectivity index (χ1) is 12.2. The largest absolute Gasteiger partial charge is 0.324 e. The van der Waals surface area contributed by atoms with Gasteiger partial charge >= 0.3 is 0 Å². The summed E-state index contributed by atoms with van der Waals surface area (Å²) in [5.41, 5.74) is 3.58. The lowest BCUT2D eigenvalue weighted by Crippen LogP contribution is -2.32. The maximum absolute atomic E-state index is 13.4. The molecule has 1 atom stereocenters. The number of nitrogens with one attached hydrogen (secondary N) is 1. The molecule has 0 aliphatic heterocycles. The van der Waals surface area contributed by atoms with E-state index >= 15 is 0 Å². The summed E-state index contributed by atoms with van der Waals surface area (Å²) >= 11 is 0. The predicted octanol–water partition coefficient (Wildman–Crippen LogP) is 5.03. The number of likely N-dealkylation sites (N-methyl/N-ethyl adjacent to an activating group) is 1. The van der Waals surface area contributed by atoms with E-state index in [0.717, 1.165) is 22.9 Å². The summed E-state index contributed by atoms with van der Waals surface area (Å²) in [7, 11) is 1.78. The fourth-order valence-corrected chi connectivity index (χ4v) is 2.91. The number of para-hydroxylation sites is 1. The van der Waals surface area contributed by atoms with Crippen molar-refractivity contribution in [3.8, 4) is 0 Å². The lowest BCUT2D eigenvalue weighted by atomic mass is 9.98. The van der Waals surface area contributed by atoms with Crippen molar-refractivity contribution in [3.05, 3.63) is 64.7 Å². The van der Waals surface area contributed by atoms with E-state index in [1.807, 2.05) is 32.0 Å². The number of hydrogen-bond donors (Lipinski definition) is 1. The smallest absolute Gasteiger partial charge is 0.238 e. The van der Waals surface area contributed by atoms with Crippen LogP contribution in [0.5, 0.6) is 0 Å². The van der Waals surface area contributed by atoms with E-state index in [-0.39, 0.29) is 18.5 Å². The van der Waals surface area contributed by atoms with Gasteiger partial charge in [-0.1, -0.05) is 38.1 Å². The highest BCUT2D eigenvalue weighted by Gasteiger charge is 2.18. The molecule has 0 saturated carbocycles. The van der Waals surface area contributed by atoms with Crippen LogP contribution in [0.1, 0.15) is 49.4 Å². The molecule has 26 heavy (non-hydrogen) atoms. The highest BCUT2D eigenvalue weighted by atomic mass is 19.2. The van der Waals surface area contributed by atoms with Gasteiger partial charge in [-0.2, -0.15) is 0 Å². The monoisotopic (exact) mass is 360 g/mol. The molecule has 0 aliphatic carbocycles. The van der Waals surface area contributed by atoms with Crippen LogP contribution in [0.3, 0.4) is 0 Å². The molecule has 0 heterocycles. The zero-order valence-electron chi connectivity index (χ0n) is 15.9. The second kappa shape index (κ2) is 8.41. The van der Waals surface area contributed by atoms with Crippen molar-refractivity contribution in [1.82, 2.24) is 4.90 Å². The third-order valence-corrected chi connectivity index (χ3v) is 4.67. The van der Waals surface area contributed by atoms with Gasteiger partial charge in [-0.25, -0.2) is 8.78 Å². The van der Waals surface area contributed by atoms with Gasteiger partial charge in [0, 0.05) is 11.7 Å². The Labute approximate surface area is 154 Å². The molecule has 0 fully saturated rings. The molecule has 1 N–H and O–H groups in total. The van der Waals surface area contributed by atoms with Crippen LogP contribution in [0, 0.1) is 18.6 Å². The molecule has 5 heteroatoms. The predicted molar refractivity (Wildman–Crippen MR) is 101 cm³/mol. The average molecular weight is 360 g/mol. The minimum Gasteiger partial charge on any atom is -0.324 e. The molecular weight excluding hydrogens is 334 g/mol. The summed E-state index contributed by atoms with van der Waals surface area (Å²) < 4.78 is 26.5. The van der Waals surface area contributed by atoms with Gasteiger partial charge in [0.25, 0.3) is 0 Å². The van der Waals surface area contributed by atoms with Crippen LogP contribution < -0.4 is 5.32 Å². The number of amides is 1. The standard InChI is InChI=1S/C21H26F2N2O/c1-13(2)17-8-6-7-14(3)21(17)24-20(26)12-25(5)15(4)16-9-10-18(22)19(23)11-16/h6-11,13,15H,12H2,1-5H3,(H,24,26). The Kier molecular flexibility index (Phi) is 6.48. The average Bonchev–Trinajstić information content (AvgIpc) is 2.58. The van der Waals surface area contributed by atoms with E-state index in [0.29, 0.717) is 11.5 Å². The van der Waals surface area contributed by atoms with Gasteiger partial charge in [-0.3, -0.25) is 9.69 Å². The van der Waals surface area contributed by atoms with Gasteiger partial charge in [0.2, 0.25) is 5.91 Å². The van der Waals surface area contributed by atoms with Crippen molar-refractivity contribution in [2.24, 2.45) is 0 Å². The van der Waals surface area contributed by atoms with Crippen LogP contribution in [0.2, 0.25) is 0 Å². The lowest BCUT2D eigenvalue weighted by Gasteiger charge is -2.25. The van der Waals surface area contributed by atoms with Crippen molar-refractivity contribution >= 4 is 11.6 Å². The van der Waals surface area contributed by atoms with Gasteiger partial charge in [0.15, 0.2) is 11.6 Å². The Bertz CT molecular complexity index is 790. The van der Waals surface area contributed by atoms with Crippen LogP contribution in [-0.2, 0) is 4.79 Å². The van der Waals surface area contributed by atoms with Gasteiger partial charge in [-0.05, 0) is 55.6 Å². The van der Waals surface area contributed by atoms with Crippen molar-refractivity contribution in [3.63, 3.8) is 0 Å². The molecule has 0 saturated heterocycles. The fraction of sp³-hybridized carbons (Fsp3) is 0.381. The molecule has 0 bridgehead atoms. The molecule has 2 aromatic rings. The zero-order chi connectivity index (χ0) is 19.4. The normalized spacial score (nSPS) is 12.5. The molecule has 3 nitrogen and oxygen atoms in total. The Morgan fingerprint density at radius 2 is 1.81 bits per heavy atom. The number of anilines is 1. The van der Waals surface area contributed by atoms with Gasteiger partial charge in [-0.15, -0.1) is 0 Å². The summed E-state index contributed by atoms with van der Waals surface area (Å²) in [4.78, 5) is 14.3. The van der Waals surface area contributed by atoms with E-state index < -0.39 is 11.6 Å². The van der Waals surface area contributed by atoms with Crippen molar-refractivity contribution in [1.29, 1.82) is 0 Å².